The number of anilines is 1. The Morgan fingerprint density at radius 3 is 2.62 bits per heavy atom. The molecule has 0 radical (unpaired) electrons. The first-order chi connectivity index (χ1) is 10.1. The molecule has 2 rings (SSSR count). The van der Waals surface area contributed by atoms with Gasteiger partial charge in [-0.15, -0.1) is 0 Å². The maximum Gasteiger partial charge on any atom is 0.417 e. The van der Waals surface area contributed by atoms with Crippen LogP contribution in [0.5, 0.6) is 5.75 Å². The fourth-order valence-electron chi connectivity index (χ4n) is 2.20. The lowest BCUT2D eigenvalue weighted by Gasteiger charge is -2.12. The smallest absolute Gasteiger partial charge is 0.410 e. The second-order valence-corrected chi connectivity index (χ2v) is 5.12. The predicted molar refractivity (Wildman–Crippen MR) is 86.0 cm³/mol. The van der Waals surface area contributed by atoms with E-state index in [2.05, 4.69) is 12.2 Å². The predicted octanol–water partition coefficient (Wildman–Crippen LogP) is 4.87. The molecule has 0 fully saturated rings. The zero-order chi connectivity index (χ0) is 15.2. The van der Waals surface area contributed by atoms with E-state index in [0.29, 0.717) is 5.75 Å². The maximum absolute atomic E-state index is 12.1. The highest BCUT2D eigenvalue weighted by Crippen LogP contribution is 2.22. The summed E-state index contributed by atoms with van der Waals surface area (Å²) in [6.07, 6.45) is 1.46. The van der Waals surface area contributed by atoms with E-state index in [1.165, 1.54) is 0 Å². The molecule has 0 aliphatic carbocycles. The molecule has 3 heteroatoms. The molecule has 0 saturated heterocycles. The van der Waals surface area contributed by atoms with Gasteiger partial charge in [0.1, 0.15) is 5.75 Å². The molecule has 0 heterocycles. The number of amides is 1. The van der Waals surface area contributed by atoms with Gasteiger partial charge >= 0.3 is 6.09 Å². The molecule has 0 aliphatic heterocycles. The van der Waals surface area contributed by atoms with E-state index in [1.54, 1.807) is 0 Å². The summed E-state index contributed by atoms with van der Waals surface area (Å²) in [4.78, 5) is 12.1. The van der Waals surface area contributed by atoms with Gasteiger partial charge in [-0.2, -0.15) is 0 Å². The van der Waals surface area contributed by atoms with Crippen molar-refractivity contribution in [3.05, 3.63) is 59.2 Å². The van der Waals surface area contributed by atoms with Crippen molar-refractivity contribution in [3.8, 4) is 5.75 Å². The average molecular weight is 283 g/mol. The zero-order valence-corrected chi connectivity index (χ0v) is 12.8. The van der Waals surface area contributed by atoms with E-state index >= 15 is 0 Å². The highest BCUT2D eigenvalue weighted by molar-refractivity contribution is 5.87. The number of hydrogen-bond donors (Lipinski definition) is 1. The molecule has 0 spiro atoms. The monoisotopic (exact) mass is 283 g/mol. The molecule has 2 aromatic carbocycles. The highest BCUT2D eigenvalue weighted by atomic mass is 16.6. The van der Waals surface area contributed by atoms with Gasteiger partial charge in [0, 0.05) is 5.69 Å². The van der Waals surface area contributed by atoms with Crippen molar-refractivity contribution in [2.24, 2.45) is 0 Å². The third kappa shape index (κ3) is 3.85. The Bertz CT molecular complexity index is 635. The summed E-state index contributed by atoms with van der Waals surface area (Å²) < 4.78 is 5.45. The Hall–Kier alpha value is -2.29. The van der Waals surface area contributed by atoms with E-state index < -0.39 is 6.09 Å². The molecule has 0 unspecified atom stereocenters. The lowest BCUT2D eigenvalue weighted by Crippen LogP contribution is -2.18. The summed E-state index contributed by atoms with van der Waals surface area (Å²) in [5.41, 5.74) is 4.03. The first-order valence-electron chi connectivity index (χ1n) is 7.24. The minimum atomic E-state index is -0.452. The molecule has 2 aromatic rings. The lowest BCUT2D eigenvalue weighted by molar-refractivity contribution is 0.214. The molecule has 0 bridgehead atoms. The normalized spacial score (nSPS) is 10.2. The van der Waals surface area contributed by atoms with Crippen LogP contribution in [0.1, 0.15) is 30.0 Å². The van der Waals surface area contributed by atoms with Gasteiger partial charge in [-0.25, -0.2) is 4.79 Å². The molecule has 110 valence electrons. The van der Waals surface area contributed by atoms with Gasteiger partial charge < -0.3 is 4.74 Å². The third-order valence-corrected chi connectivity index (χ3v) is 3.54. The van der Waals surface area contributed by atoms with Gasteiger partial charge in [0.25, 0.3) is 0 Å². The molecule has 1 N–H and O–H groups in total. The molecule has 0 aromatic heterocycles. The first kappa shape index (κ1) is 15.1. The number of rotatable bonds is 4. The minimum Gasteiger partial charge on any atom is -0.410 e. The number of ether oxygens (including phenoxy) is 1. The van der Waals surface area contributed by atoms with Crippen LogP contribution >= 0.6 is 0 Å². The van der Waals surface area contributed by atoms with Crippen molar-refractivity contribution in [2.75, 3.05) is 5.32 Å². The van der Waals surface area contributed by atoms with Crippen molar-refractivity contribution in [1.29, 1.82) is 0 Å². The molecular formula is C18H21NO2. The number of hydrogen-bond acceptors (Lipinski definition) is 2. The molecule has 0 aliphatic rings. The Balaban J connectivity index is 2.10. The van der Waals surface area contributed by atoms with E-state index in [1.807, 2.05) is 56.3 Å². The summed E-state index contributed by atoms with van der Waals surface area (Å²) >= 11 is 0. The van der Waals surface area contributed by atoms with Crippen LogP contribution in [-0.4, -0.2) is 6.09 Å². The van der Waals surface area contributed by atoms with Gasteiger partial charge in [-0.1, -0.05) is 43.7 Å². The largest absolute Gasteiger partial charge is 0.417 e. The fraction of sp³-hybridized carbons (Fsp3) is 0.278. The van der Waals surface area contributed by atoms with Crippen molar-refractivity contribution in [1.82, 2.24) is 0 Å². The van der Waals surface area contributed by atoms with E-state index in [-0.39, 0.29) is 0 Å². The van der Waals surface area contributed by atoms with Gasteiger partial charge in [-0.3, -0.25) is 5.32 Å². The Kier molecular flexibility index (Phi) is 4.99. The highest BCUT2D eigenvalue weighted by Gasteiger charge is 2.10. The summed E-state index contributed by atoms with van der Waals surface area (Å²) in [5, 5.41) is 2.81. The third-order valence-electron chi connectivity index (χ3n) is 3.54. The molecule has 3 nitrogen and oxygen atoms in total. The Morgan fingerprint density at radius 1 is 1.10 bits per heavy atom. The standard InChI is InChI=1S/C18H21NO2/c1-4-8-15-10-5-6-12-17(15)21-18(20)19-16-11-7-9-13(2)14(16)3/h5-7,9-12H,4,8H2,1-3H3,(H,19,20). The van der Waals surface area contributed by atoms with Crippen LogP contribution in [0.2, 0.25) is 0 Å². The topological polar surface area (TPSA) is 38.3 Å². The van der Waals surface area contributed by atoms with E-state index in [4.69, 9.17) is 4.74 Å². The molecule has 1 amide bonds. The van der Waals surface area contributed by atoms with E-state index in [0.717, 1.165) is 35.2 Å². The van der Waals surface area contributed by atoms with Crippen molar-refractivity contribution in [3.63, 3.8) is 0 Å². The lowest BCUT2D eigenvalue weighted by atomic mass is 10.1. The van der Waals surface area contributed by atoms with Gasteiger partial charge in [-0.05, 0) is 49.1 Å². The van der Waals surface area contributed by atoms with Gasteiger partial charge in [0.15, 0.2) is 0 Å². The average Bonchev–Trinajstić information content (AvgIpc) is 2.46. The number of benzene rings is 2. The van der Waals surface area contributed by atoms with Crippen LogP contribution in [0.3, 0.4) is 0 Å². The fourth-order valence-corrected chi connectivity index (χ4v) is 2.20. The minimum absolute atomic E-state index is 0.452. The summed E-state index contributed by atoms with van der Waals surface area (Å²) in [6, 6.07) is 13.5. The molecular weight excluding hydrogens is 262 g/mol. The number of aryl methyl sites for hydroxylation is 2. The molecule has 0 atom stereocenters. The quantitative estimate of drug-likeness (QED) is 0.869. The van der Waals surface area contributed by atoms with Crippen LogP contribution in [0.4, 0.5) is 10.5 Å². The van der Waals surface area contributed by atoms with Crippen molar-refractivity contribution >= 4 is 11.8 Å². The van der Waals surface area contributed by atoms with Gasteiger partial charge in [0.2, 0.25) is 0 Å². The number of para-hydroxylation sites is 1. The second-order valence-electron chi connectivity index (χ2n) is 5.12. The summed E-state index contributed by atoms with van der Waals surface area (Å²) in [5.74, 6) is 0.627. The van der Waals surface area contributed by atoms with Crippen molar-refractivity contribution < 1.29 is 9.53 Å². The summed E-state index contributed by atoms with van der Waals surface area (Å²) in [6.45, 7) is 6.10. The number of carbonyl (C=O) groups is 1. The van der Waals surface area contributed by atoms with Crippen LogP contribution in [0.15, 0.2) is 42.5 Å². The van der Waals surface area contributed by atoms with Crippen LogP contribution in [0, 0.1) is 13.8 Å². The van der Waals surface area contributed by atoms with Crippen LogP contribution in [0.25, 0.3) is 0 Å². The zero-order valence-electron chi connectivity index (χ0n) is 12.8. The Labute approximate surface area is 126 Å². The number of nitrogens with one attached hydrogen (secondary N) is 1. The van der Waals surface area contributed by atoms with Gasteiger partial charge in [0.05, 0.1) is 0 Å². The maximum atomic E-state index is 12.1. The number of carbonyl (C=O) groups excluding carboxylic acids is 1. The van der Waals surface area contributed by atoms with E-state index in [9.17, 15) is 4.79 Å². The SMILES string of the molecule is CCCc1ccccc1OC(=O)Nc1cccc(C)c1C. The van der Waals surface area contributed by atoms with Crippen LogP contribution in [-0.2, 0) is 6.42 Å². The van der Waals surface area contributed by atoms with Crippen LogP contribution < -0.4 is 10.1 Å². The summed E-state index contributed by atoms with van der Waals surface area (Å²) in [7, 11) is 0. The Morgan fingerprint density at radius 2 is 1.86 bits per heavy atom. The molecule has 0 saturated carbocycles. The van der Waals surface area contributed by atoms with Crippen molar-refractivity contribution in [2.45, 2.75) is 33.6 Å². The molecule has 21 heavy (non-hydrogen) atoms. The second kappa shape index (κ2) is 6.93. The first-order valence-corrected chi connectivity index (χ1v) is 7.24.